The van der Waals surface area contributed by atoms with Crippen molar-refractivity contribution in [1.29, 1.82) is 0 Å². The highest BCUT2D eigenvalue weighted by Crippen LogP contribution is 2.28. The Kier molecular flexibility index (Phi) is 4.63. The van der Waals surface area contributed by atoms with Crippen molar-refractivity contribution in [3.63, 3.8) is 0 Å². The van der Waals surface area contributed by atoms with Gasteiger partial charge in [0.25, 0.3) is 5.91 Å². The largest absolute Gasteiger partial charge is 0.399 e. The molecule has 4 nitrogen and oxygen atoms in total. The highest BCUT2D eigenvalue weighted by Gasteiger charge is 2.12. The second-order valence-electron chi connectivity index (χ2n) is 4.27. The summed E-state index contributed by atoms with van der Waals surface area (Å²) >= 11 is 3.47. The molecule has 0 heterocycles. The number of anilines is 3. The Morgan fingerprint density at radius 3 is 2.65 bits per heavy atom. The summed E-state index contributed by atoms with van der Waals surface area (Å²) in [6.07, 6.45) is 0. The van der Waals surface area contributed by atoms with E-state index in [1.165, 1.54) is 0 Å². The summed E-state index contributed by atoms with van der Waals surface area (Å²) in [6.45, 7) is 2.47. The molecular weight excluding hydrogens is 318 g/mol. The molecule has 2 rings (SSSR count). The molecule has 0 aliphatic carbocycles. The van der Waals surface area contributed by atoms with Crippen LogP contribution in [0.3, 0.4) is 0 Å². The van der Waals surface area contributed by atoms with Crippen LogP contribution in [0, 0.1) is 0 Å². The zero-order valence-corrected chi connectivity index (χ0v) is 12.7. The van der Waals surface area contributed by atoms with Crippen LogP contribution in [0.1, 0.15) is 17.3 Å². The van der Waals surface area contributed by atoms with Gasteiger partial charge in [-0.3, -0.25) is 4.79 Å². The predicted molar refractivity (Wildman–Crippen MR) is 86.3 cm³/mol. The van der Waals surface area contributed by atoms with E-state index in [9.17, 15) is 4.79 Å². The Morgan fingerprint density at radius 1 is 1.20 bits per heavy atom. The third-order valence-corrected chi connectivity index (χ3v) is 3.46. The third-order valence-electron chi connectivity index (χ3n) is 2.77. The Labute approximate surface area is 126 Å². The topological polar surface area (TPSA) is 67.2 Å². The molecule has 0 saturated heterocycles. The average Bonchev–Trinajstić information content (AvgIpc) is 2.42. The minimum absolute atomic E-state index is 0.123. The summed E-state index contributed by atoms with van der Waals surface area (Å²) in [5.74, 6) is -0.123. The highest BCUT2D eigenvalue weighted by molar-refractivity contribution is 9.10. The lowest BCUT2D eigenvalue weighted by Gasteiger charge is -2.13. The molecule has 0 fully saturated rings. The van der Waals surface area contributed by atoms with Crippen molar-refractivity contribution < 1.29 is 4.79 Å². The molecule has 20 heavy (non-hydrogen) atoms. The van der Waals surface area contributed by atoms with Crippen LogP contribution < -0.4 is 16.4 Å². The molecule has 0 aromatic heterocycles. The van der Waals surface area contributed by atoms with Gasteiger partial charge in [0.2, 0.25) is 0 Å². The number of hydrogen-bond donors (Lipinski definition) is 3. The molecule has 0 bridgehead atoms. The van der Waals surface area contributed by atoms with Crippen LogP contribution in [0.4, 0.5) is 17.1 Å². The number of nitrogens with one attached hydrogen (secondary N) is 2. The Hall–Kier alpha value is -2.01. The lowest BCUT2D eigenvalue weighted by atomic mass is 10.1. The summed E-state index contributed by atoms with van der Waals surface area (Å²) in [4.78, 5) is 12.0. The first kappa shape index (κ1) is 14.4. The van der Waals surface area contributed by atoms with Crippen molar-refractivity contribution in [2.24, 2.45) is 0 Å². The first-order chi connectivity index (χ1) is 9.61. The number of benzene rings is 2. The monoisotopic (exact) mass is 333 g/mol. The molecule has 5 heteroatoms. The number of halogens is 1. The SMILES string of the molecule is CCNC(=O)c1ccc(N)cc1Nc1ccccc1Br. The van der Waals surface area contributed by atoms with Crippen LogP contribution >= 0.6 is 15.9 Å². The van der Waals surface area contributed by atoms with Gasteiger partial charge in [0.05, 0.1) is 16.9 Å². The first-order valence-corrected chi connectivity index (χ1v) is 7.10. The van der Waals surface area contributed by atoms with Gasteiger partial charge in [-0.2, -0.15) is 0 Å². The summed E-state index contributed by atoms with van der Waals surface area (Å²) in [5.41, 5.74) is 8.54. The minimum atomic E-state index is -0.123. The summed E-state index contributed by atoms with van der Waals surface area (Å²) in [5, 5.41) is 6.02. The number of hydrogen-bond acceptors (Lipinski definition) is 3. The normalized spacial score (nSPS) is 10.1. The fourth-order valence-electron chi connectivity index (χ4n) is 1.83. The van der Waals surface area contributed by atoms with E-state index in [4.69, 9.17) is 5.73 Å². The molecule has 0 saturated carbocycles. The van der Waals surface area contributed by atoms with Crippen molar-refractivity contribution in [3.8, 4) is 0 Å². The molecule has 2 aromatic carbocycles. The van der Waals surface area contributed by atoms with Crippen molar-refractivity contribution in [1.82, 2.24) is 5.32 Å². The number of nitrogens with two attached hydrogens (primary N) is 1. The predicted octanol–water partition coefficient (Wildman–Crippen LogP) is 3.52. The van der Waals surface area contributed by atoms with E-state index in [2.05, 4.69) is 26.6 Å². The van der Waals surface area contributed by atoms with E-state index in [1.54, 1.807) is 18.2 Å². The smallest absolute Gasteiger partial charge is 0.253 e. The molecule has 0 aliphatic rings. The van der Waals surface area contributed by atoms with Gasteiger partial charge < -0.3 is 16.4 Å². The van der Waals surface area contributed by atoms with E-state index in [1.807, 2.05) is 31.2 Å². The van der Waals surface area contributed by atoms with Gasteiger partial charge in [0.15, 0.2) is 0 Å². The molecule has 0 unspecified atom stereocenters. The second-order valence-corrected chi connectivity index (χ2v) is 5.12. The molecular formula is C15H16BrN3O. The van der Waals surface area contributed by atoms with Crippen LogP contribution in [0.15, 0.2) is 46.9 Å². The number of nitrogen functional groups attached to an aromatic ring is 1. The second kappa shape index (κ2) is 6.43. The van der Waals surface area contributed by atoms with Crippen molar-refractivity contribution >= 4 is 38.9 Å². The fraction of sp³-hybridized carbons (Fsp3) is 0.133. The van der Waals surface area contributed by atoms with Crippen LogP contribution in [-0.2, 0) is 0 Å². The number of para-hydroxylation sites is 1. The third kappa shape index (κ3) is 3.30. The number of carbonyl (C=O) groups is 1. The molecule has 1 amide bonds. The molecule has 0 aliphatic heterocycles. The van der Waals surface area contributed by atoms with Gasteiger partial charge in [0, 0.05) is 16.7 Å². The Morgan fingerprint density at radius 2 is 1.95 bits per heavy atom. The van der Waals surface area contributed by atoms with E-state index >= 15 is 0 Å². The van der Waals surface area contributed by atoms with Crippen LogP contribution in [0.2, 0.25) is 0 Å². The number of amides is 1. The molecule has 4 N–H and O–H groups in total. The quantitative estimate of drug-likeness (QED) is 0.750. The Balaban J connectivity index is 2.37. The maximum atomic E-state index is 12.0. The van der Waals surface area contributed by atoms with Gasteiger partial charge in [-0.1, -0.05) is 12.1 Å². The van der Waals surface area contributed by atoms with Crippen molar-refractivity contribution in [2.75, 3.05) is 17.6 Å². The Bertz CT molecular complexity index is 628. The van der Waals surface area contributed by atoms with Crippen LogP contribution in [0.25, 0.3) is 0 Å². The van der Waals surface area contributed by atoms with E-state index in [0.717, 1.165) is 10.2 Å². The highest BCUT2D eigenvalue weighted by atomic mass is 79.9. The van der Waals surface area contributed by atoms with Crippen LogP contribution in [0.5, 0.6) is 0 Å². The first-order valence-electron chi connectivity index (χ1n) is 6.31. The van der Waals surface area contributed by atoms with Gasteiger partial charge in [-0.15, -0.1) is 0 Å². The van der Waals surface area contributed by atoms with Gasteiger partial charge >= 0.3 is 0 Å². The average molecular weight is 334 g/mol. The van der Waals surface area contributed by atoms with Gasteiger partial charge in [-0.25, -0.2) is 0 Å². The van der Waals surface area contributed by atoms with Gasteiger partial charge in [-0.05, 0) is 53.2 Å². The molecule has 0 radical (unpaired) electrons. The van der Waals surface area contributed by atoms with Crippen molar-refractivity contribution in [3.05, 3.63) is 52.5 Å². The van der Waals surface area contributed by atoms with E-state index in [-0.39, 0.29) is 5.91 Å². The van der Waals surface area contributed by atoms with E-state index in [0.29, 0.717) is 23.5 Å². The zero-order chi connectivity index (χ0) is 14.5. The summed E-state index contributed by atoms with van der Waals surface area (Å²) in [6, 6.07) is 12.9. The molecule has 2 aromatic rings. The molecule has 104 valence electrons. The summed E-state index contributed by atoms with van der Waals surface area (Å²) in [7, 11) is 0. The fourth-order valence-corrected chi connectivity index (χ4v) is 2.21. The zero-order valence-electron chi connectivity index (χ0n) is 11.1. The lowest BCUT2D eigenvalue weighted by Crippen LogP contribution is -2.23. The van der Waals surface area contributed by atoms with Crippen LogP contribution in [-0.4, -0.2) is 12.5 Å². The van der Waals surface area contributed by atoms with Gasteiger partial charge in [0.1, 0.15) is 0 Å². The maximum absolute atomic E-state index is 12.0. The minimum Gasteiger partial charge on any atom is -0.399 e. The number of carbonyl (C=O) groups excluding carboxylic acids is 1. The maximum Gasteiger partial charge on any atom is 0.253 e. The molecule has 0 atom stereocenters. The van der Waals surface area contributed by atoms with Crippen molar-refractivity contribution in [2.45, 2.75) is 6.92 Å². The standard InChI is InChI=1S/C15H16BrN3O/c1-2-18-15(20)11-8-7-10(17)9-14(11)19-13-6-4-3-5-12(13)16/h3-9,19H,2,17H2,1H3,(H,18,20). The van der Waals surface area contributed by atoms with E-state index < -0.39 is 0 Å². The summed E-state index contributed by atoms with van der Waals surface area (Å²) < 4.78 is 0.921. The molecule has 0 spiro atoms. The lowest BCUT2D eigenvalue weighted by molar-refractivity contribution is 0.0956. The number of rotatable bonds is 4.